The van der Waals surface area contributed by atoms with E-state index in [1.807, 2.05) is 17.0 Å². The van der Waals surface area contributed by atoms with E-state index in [1.165, 1.54) is 16.8 Å². The van der Waals surface area contributed by atoms with E-state index >= 15 is 0 Å². The summed E-state index contributed by atoms with van der Waals surface area (Å²) in [7, 11) is 0. The summed E-state index contributed by atoms with van der Waals surface area (Å²) in [5, 5.41) is 0. The van der Waals surface area contributed by atoms with E-state index in [9.17, 15) is 4.79 Å². The zero-order chi connectivity index (χ0) is 24.4. The molecule has 0 saturated heterocycles. The van der Waals surface area contributed by atoms with Crippen molar-refractivity contribution >= 4 is 17.7 Å². The fraction of sp³-hybridized carbons (Fsp3) is 0.517. The minimum absolute atomic E-state index is 0.0254. The number of carbonyl (C=O) groups is 1. The number of carbonyl (C=O) groups excluding carboxylic acids is 1. The van der Waals surface area contributed by atoms with Crippen LogP contribution in [0, 0.1) is 18.3 Å². The van der Waals surface area contributed by atoms with Crippen LogP contribution in [0.15, 0.2) is 48.8 Å². The maximum Gasteiger partial charge on any atom is 0.223 e. The summed E-state index contributed by atoms with van der Waals surface area (Å²) in [6.07, 6.45) is 9.35. The van der Waals surface area contributed by atoms with Gasteiger partial charge in [0.2, 0.25) is 5.91 Å². The molecule has 0 spiro atoms. The average Bonchev–Trinajstić information content (AvgIpc) is 2.73. The lowest BCUT2D eigenvalue weighted by atomic mass is 9.91. The standard InChI is InChI=1S/C29H43N3O/c1-8-10-26-19-27(12-11-24(26)4)31(21-23(2)3)17-9-18-32(28(33)20-29(5,6)7)22-25-13-15-30-16-14-25/h8,10-16,19,23H,9,17-18,20-22H2,1-7H3/b10-8-. The number of amides is 1. The Bertz CT molecular complexity index is 897. The van der Waals surface area contributed by atoms with Gasteiger partial charge >= 0.3 is 0 Å². The first-order chi connectivity index (χ1) is 15.6. The van der Waals surface area contributed by atoms with Crippen molar-refractivity contribution in [2.45, 2.75) is 67.9 Å². The number of hydrogen-bond donors (Lipinski definition) is 0. The molecule has 0 unspecified atom stereocenters. The van der Waals surface area contributed by atoms with Crippen LogP contribution in [0.3, 0.4) is 0 Å². The molecule has 1 amide bonds. The van der Waals surface area contributed by atoms with Gasteiger partial charge in [-0.15, -0.1) is 0 Å². The Morgan fingerprint density at radius 2 is 1.79 bits per heavy atom. The first-order valence-electron chi connectivity index (χ1n) is 12.2. The van der Waals surface area contributed by atoms with E-state index in [1.54, 1.807) is 12.4 Å². The topological polar surface area (TPSA) is 36.4 Å². The van der Waals surface area contributed by atoms with E-state index in [2.05, 4.69) is 88.7 Å². The fourth-order valence-electron chi connectivity index (χ4n) is 3.97. The molecule has 1 aromatic heterocycles. The molecule has 33 heavy (non-hydrogen) atoms. The van der Waals surface area contributed by atoms with Gasteiger partial charge in [0, 0.05) is 50.7 Å². The third-order valence-corrected chi connectivity index (χ3v) is 5.57. The van der Waals surface area contributed by atoms with E-state index in [0.29, 0.717) is 18.9 Å². The number of nitrogens with zero attached hydrogens (tertiary/aromatic N) is 3. The highest BCUT2D eigenvalue weighted by molar-refractivity contribution is 5.76. The van der Waals surface area contributed by atoms with E-state index < -0.39 is 0 Å². The van der Waals surface area contributed by atoms with Crippen LogP contribution in [0.1, 0.15) is 71.1 Å². The van der Waals surface area contributed by atoms with Gasteiger partial charge < -0.3 is 9.80 Å². The molecule has 0 N–H and O–H groups in total. The van der Waals surface area contributed by atoms with Crippen LogP contribution < -0.4 is 4.90 Å². The molecule has 2 aromatic rings. The Labute approximate surface area is 201 Å². The maximum absolute atomic E-state index is 13.1. The molecule has 0 bridgehead atoms. The molecule has 4 nitrogen and oxygen atoms in total. The quantitative estimate of drug-likeness (QED) is 0.381. The molecule has 0 aliphatic rings. The number of allylic oxidation sites excluding steroid dienone is 1. The second-order valence-corrected chi connectivity index (χ2v) is 10.6. The number of pyridine rings is 1. The van der Waals surface area contributed by atoms with Gasteiger partial charge in [0.05, 0.1) is 0 Å². The van der Waals surface area contributed by atoms with Gasteiger partial charge in [-0.05, 0) is 72.6 Å². The van der Waals surface area contributed by atoms with Crippen molar-refractivity contribution in [3.8, 4) is 0 Å². The summed E-state index contributed by atoms with van der Waals surface area (Å²) in [5.41, 5.74) is 4.91. The lowest BCUT2D eigenvalue weighted by Gasteiger charge is -2.30. The van der Waals surface area contributed by atoms with Crippen LogP contribution >= 0.6 is 0 Å². The number of hydrogen-bond acceptors (Lipinski definition) is 3. The van der Waals surface area contributed by atoms with Gasteiger partial charge in [0.25, 0.3) is 0 Å². The fourth-order valence-corrected chi connectivity index (χ4v) is 3.97. The van der Waals surface area contributed by atoms with Crippen LogP contribution in [0.4, 0.5) is 5.69 Å². The highest BCUT2D eigenvalue weighted by Gasteiger charge is 2.22. The molecular formula is C29H43N3O. The molecule has 0 radical (unpaired) electrons. The normalized spacial score (nSPS) is 11.9. The minimum atomic E-state index is -0.0254. The summed E-state index contributed by atoms with van der Waals surface area (Å²) in [4.78, 5) is 21.7. The van der Waals surface area contributed by atoms with E-state index in [-0.39, 0.29) is 11.3 Å². The van der Waals surface area contributed by atoms with Crippen molar-refractivity contribution in [2.24, 2.45) is 11.3 Å². The van der Waals surface area contributed by atoms with Crippen molar-refractivity contribution in [3.05, 3.63) is 65.5 Å². The lowest BCUT2D eigenvalue weighted by molar-refractivity contribution is -0.133. The highest BCUT2D eigenvalue weighted by Crippen LogP contribution is 2.23. The predicted molar refractivity (Wildman–Crippen MR) is 141 cm³/mol. The highest BCUT2D eigenvalue weighted by atomic mass is 16.2. The van der Waals surface area contributed by atoms with Crippen molar-refractivity contribution in [1.82, 2.24) is 9.88 Å². The number of anilines is 1. The zero-order valence-electron chi connectivity index (χ0n) is 21.8. The first kappa shape index (κ1) is 26.6. The van der Waals surface area contributed by atoms with E-state index in [4.69, 9.17) is 0 Å². The molecule has 1 aromatic carbocycles. The molecule has 1 heterocycles. The summed E-state index contributed by atoms with van der Waals surface area (Å²) in [6, 6.07) is 10.7. The molecule has 0 atom stereocenters. The Kier molecular flexibility index (Phi) is 10.1. The number of benzene rings is 1. The van der Waals surface area contributed by atoms with Gasteiger partial charge in [0.1, 0.15) is 0 Å². The molecule has 4 heteroatoms. The Morgan fingerprint density at radius 3 is 2.39 bits per heavy atom. The van der Waals surface area contributed by atoms with Crippen molar-refractivity contribution in [2.75, 3.05) is 24.5 Å². The molecule has 0 saturated carbocycles. The number of aromatic nitrogens is 1. The smallest absolute Gasteiger partial charge is 0.223 e. The molecule has 180 valence electrons. The summed E-state index contributed by atoms with van der Waals surface area (Å²) >= 11 is 0. The van der Waals surface area contributed by atoms with Crippen molar-refractivity contribution < 1.29 is 4.79 Å². The Balaban J connectivity index is 2.14. The van der Waals surface area contributed by atoms with Gasteiger partial charge in [-0.25, -0.2) is 0 Å². The van der Waals surface area contributed by atoms with Crippen molar-refractivity contribution in [3.63, 3.8) is 0 Å². The van der Waals surface area contributed by atoms with Crippen LogP contribution in [0.2, 0.25) is 0 Å². The monoisotopic (exact) mass is 449 g/mol. The molecule has 0 fully saturated rings. The molecule has 2 rings (SSSR count). The Hall–Kier alpha value is -2.62. The van der Waals surface area contributed by atoms with Gasteiger partial charge in [-0.2, -0.15) is 0 Å². The van der Waals surface area contributed by atoms with Crippen LogP contribution in [0.25, 0.3) is 6.08 Å². The van der Waals surface area contributed by atoms with E-state index in [0.717, 1.165) is 31.6 Å². The SMILES string of the molecule is C/C=C\c1cc(N(CCCN(Cc2ccncc2)C(=O)CC(C)(C)C)CC(C)C)ccc1C. The first-order valence-corrected chi connectivity index (χ1v) is 12.2. The third kappa shape index (κ3) is 9.41. The second-order valence-electron chi connectivity index (χ2n) is 10.6. The van der Waals surface area contributed by atoms with Crippen LogP contribution in [0.5, 0.6) is 0 Å². The number of rotatable bonds is 11. The Morgan fingerprint density at radius 1 is 1.09 bits per heavy atom. The zero-order valence-corrected chi connectivity index (χ0v) is 21.8. The minimum Gasteiger partial charge on any atom is -0.371 e. The summed E-state index contributed by atoms with van der Waals surface area (Å²) in [6.45, 7) is 18.4. The predicted octanol–water partition coefficient (Wildman–Crippen LogP) is 6.74. The van der Waals surface area contributed by atoms with Crippen LogP contribution in [-0.2, 0) is 11.3 Å². The van der Waals surface area contributed by atoms with Gasteiger partial charge in [-0.1, -0.05) is 52.8 Å². The summed E-state index contributed by atoms with van der Waals surface area (Å²) < 4.78 is 0. The van der Waals surface area contributed by atoms with Crippen molar-refractivity contribution in [1.29, 1.82) is 0 Å². The maximum atomic E-state index is 13.1. The van der Waals surface area contributed by atoms with Gasteiger partial charge in [-0.3, -0.25) is 9.78 Å². The molecular weight excluding hydrogens is 406 g/mol. The van der Waals surface area contributed by atoms with Gasteiger partial charge in [0.15, 0.2) is 0 Å². The third-order valence-electron chi connectivity index (χ3n) is 5.57. The molecule has 0 aliphatic heterocycles. The second kappa shape index (κ2) is 12.6. The average molecular weight is 450 g/mol. The lowest BCUT2D eigenvalue weighted by Crippen LogP contribution is -2.36. The summed E-state index contributed by atoms with van der Waals surface area (Å²) in [5.74, 6) is 0.785. The largest absolute Gasteiger partial charge is 0.371 e. The van der Waals surface area contributed by atoms with Crippen LogP contribution in [-0.4, -0.2) is 35.4 Å². The molecule has 0 aliphatic carbocycles. The number of aryl methyl sites for hydroxylation is 1.